The number of nitrogens with zero attached hydrogens (tertiary/aromatic N) is 4. The molecule has 7 heteroatoms. The van der Waals surface area contributed by atoms with Crippen LogP contribution in [0.2, 0.25) is 0 Å². The van der Waals surface area contributed by atoms with Gasteiger partial charge in [0, 0.05) is 63.8 Å². The molecule has 0 bridgehead atoms. The molecule has 0 radical (unpaired) electrons. The van der Waals surface area contributed by atoms with Crippen LogP contribution in [-0.4, -0.2) is 59.1 Å². The van der Waals surface area contributed by atoms with Crippen molar-refractivity contribution in [3.05, 3.63) is 40.6 Å². The van der Waals surface area contributed by atoms with Crippen LogP contribution in [0.4, 0.5) is 0 Å². The second-order valence-corrected chi connectivity index (χ2v) is 7.72. The Labute approximate surface area is 153 Å². The van der Waals surface area contributed by atoms with Crippen molar-refractivity contribution < 1.29 is 9.53 Å². The molecule has 2 aromatic rings. The lowest BCUT2D eigenvalue weighted by molar-refractivity contribution is -0.133. The van der Waals surface area contributed by atoms with Crippen molar-refractivity contribution >= 4 is 17.2 Å². The van der Waals surface area contributed by atoms with Crippen molar-refractivity contribution in [3.63, 3.8) is 0 Å². The molecule has 0 saturated carbocycles. The number of fused-ring (bicyclic) bond motifs is 1. The summed E-state index contributed by atoms with van der Waals surface area (Å²) < 4.78 is 7.93. The van der Waals surface area contributed by atoms with E-state index in [4.69, 9.17) is 4.74 Å². The summed E-state index contributed by atoms with van der Waals surface area (Å²) >= 11 is 1.71. The average Bonchev–Trinajstić information content (AvgIpc) is 3.20. The van der Waals surface area contributed by atoms with Crippen LogP contribution in [0.5, 0.6) is 0 Å². The van der Waals surface area contributed by atoms with E-state index in [1.54, 1.807) is 30.3 Å². The van der Waals surface area contributed by atoms with Crippen molar-refractivity contribution in [1.29, 1.82) is 0 Å². The van der Waals surface area contributed by atoms with Crippen LogP contribution in [-0.2, 0) is 29.2 Å². The number of aromatic nitrogens is 2. The van der Waals surface area contributed by atoms with Crippen LogP contribution in [0.3, 0.4) is 0 Å². The van der Waals surface area contributed by atoms with E-state index >= 15 is 0 Å². The van der Waals surface area contributed by atoms with E-state index in [1.807, 2.05) is 11.6 Å². The Morgan fingerprint density at radius 2 is 2.32 bits per heavy atom. The minimum Gasteiger partial charge on any atom is -0.372 e. The van der Waals surface area contributed by atoms with Gasteiger partial charge in [0.25, 0.3) is 0 Å². The van der Waals surface area contributed by atoms with E-state index in [2.05, 4.69) is 32.8 Å². The van der Waals surface area contributed by atoms with Crippen molar-refractivity contribution in [3.8, 4) is 0 Å². The van der Waals surface area contributed by atoms with E-state index in [9.17, 15) is 4.79 Å². The van der Waals surface area contributed by atoms with E-state index < -0.39 is 0 Å². The molecule has 1 aliphatic rings. The van der Waals surface area contributed by atoms with Crippen LogP contribution in [0, 0.1) is 5.92 Å². The lowest BCUT2D eigenvalue weighted by Crippen LogP contribution is -2.29. The molecule has 1 atom stereocenters. The van der Waals surface area contributed by atoms with Gasteiger partial charge >= 0.3 is 0 Å². The fraction of sp³-hybridized carbons (Fsp3) is 0.556. The number of likely N-dealkylation sites (N-methyl/N-ethyl adjacent to an activating group) is 1. The number of carbonyl (C=O) groups is 1. The van der Waals surface area contributed by atoms with Crippen molar-refractivity contribution in [2.24, 2.45) is 5.92 Å². The molecule has 1 aliphatic heterocycles. The predicted molar refractivity (Wildman–Crippen MR) is 98.3 cm³/mol. The van der Waals surface area contributed by atoms with Gasteiger partial charge in [0.05, 0.1) is 6.54 Å². The topological polar surface area (TPSA) is 50.6 Å². The summed E-state index contributed by atoms with van der Waals surface area (Å²) in [6, 6.07) is 4.31. The predicted octanol–water partition coefficient (Wildman–Crippen LogP) is 2.07. The first kappa shape index (κ1) is 18.1. The molecule has 0 fully saturated rings. The molecule has 0 aromatic carbocycles. The Bertz CT molecular complexity index is 668. The number of amides is 1. The Morgan fingerprint density at radius 3 is 3.08 bits per heavy atom. The van der Waals surface area contributed by atoms with Crippen LogP contribution >= 0.6 is 11.3 Å². The summed E-state index contributed by atoms with van der Waals surface area (Å²) in [6.45, 7) is 4.64. The summed E-state index contributed by atoms with van der Waals surface area (Å²) in [4.78, 5) is 20.0. The van der Waals surface area contributed by atoms with Crippen molar-refractivity contribution in [2.45, 2.75) is 26.1 Å². The zero-order chi connectivity index (χ0) is 17.6. The Kier molecular flexibility index (Phi) is 6.23. The van der Waals surface area contributed by atoms with Gasteiger partial charge in [-0.25, -0.2) is 4.98 Å². The maximum atomic E-state index is 11.6. The zero-order valence-electron chi connectivity index (χ0n) is 14.9. The summed E-state index contributed by atoms with van der Waals surface area (Å²) in [5.74, 6) is 0.516. The summed E-state index contributed by atoms with van der Waals surface area (Å²) in [7, 11) is 3.50. The third kappa shape index (κ3) is 5.14. The first-order chi connectivity index (χ1) is 12.1. The van der Waals surface area contributed by atoms with Gasteiger partial charge in [-0.05, 0) is 24.5 Å². The zero-order valence-corrected chi connectivity index (χ0v) is 15.7. The number of hydrogen-bond donors (Lipinski definition) is 0. The van der Waals surface area contributed by atoms with Crippen LogP contribution in [0.25, 0.3) is 0 Å². The summed E-state index contributed by atoms with van der Waals surface area (Å²) in [5, 5.41) is 3.19. The quantitative estimate of drug-likeness (QED) is 0.708. The van der Waals surface area contributed by atoms with E-state index in [0.717, 1.165) is 37.6 Å². The molecule has 1 amide bonds. The normalized spacial score (nSPS) is 17.9. The highest BCUT2D eigenvalue weighted by Crippen LogP contribution is 2.21. The largest absolute Gasteiger partial charge is 0.372 e. The second kappa shape index (κ2) is 8.60. The molecule has 0 saturated heterocycles. The fourth-order valence-electron chi connectivity index (χ4n) is 3.13. The molecule has 0 spiro atoms. The molecule has 3 heterocycles. The molecule has 0 N–H and O–H groups in total. The minimum atomic E-state index is 0.0129. The maximum absolute atomic E-state index is 11.6. The third-order valence-electron chi connectivity index (χ3n) is 4.52. The highest BCUT2D eigenvalue weighted by atomic mass is 32.1. The fourth-order valence-corrected chi connectivity index (χ4v) is 3.79. The number of carbonyl (C=O) groups excluding carboxylic acids is 1. The monoisotopic (exact) mass is 362 g/mol. The average molecular weight is 362 g/mol. The Hall–Kier alpha value is -1.70. The number of rotatable bonds is 7. The van der Waals surface area contributed by atoms with Gasteiger partial charge in [0.2, 0.25) is 5.91 Å². The van der Waals surface area contributed by atoms with Crippen LogP contribution in [0.1, 0.15) is 17.1 Å². The molecule has 0 unspecified atom stereocenters. The van der Waals surface area contributed by atoms with Gasteiger partial charge in [0.15, 0.2) is 0 Å². The highest BCUT2D eigenvalue weighted by molar-refractivity contribution is 7.09. The lowest BCUT2D eigenvalue weighted by atomic mass is 10.1. The van der Waals surface area contributed by atoms with Gasteiger partial charge in [-0.3, -0.25) is 9.69 Å². The van der Waals surface area contributed by atoms with Crippen molar-refractivity contribution in [2.75, 3.05) is 33.9 Å². The molecule has 0 aliphatic carbocycles. The first-order valence-corrected chi connectivity index (χ1v) is 9.52. The minimum absolute atomic E-state index is 0.0129. The number of ether oxygens (including phenoxy) is 1. The standard InChI is InChI=1S/C18H26N4O2S/c1-20(2)18(23)14-24-8-5-15-10-21(13-17-19-6-9-25-17)12-16-4-3-7-22(16)11-15/h3-4,6-7,9,15H,5,8,10-14H2,1-2H3/t15-/m0/s1. The summed E-state index contributed by atoms with van der Waals surface area (Å²) in [6.07, 6.45) is 4.98. The van der Waals surface area contributed by atoms with Gasteiger partial charge in [0.1, 0.15) is 11.6 Å². The van der Waals surface area contributed by atoms with E-state index in [1.165, 1.54) is 5.69 Å². The van der Waals surface area contributed by atoms with E-state index in [0.29, 0.717) is 12.5 Å². The highest BCUT2D eigenvalue weighted by Gasteiger charge is 2.22. The molecule has 6 nitrogen and oxygen atoms in total. The third-order valence-corrected chi connectivity index (χ3v) is 5.28. The molecular formula is C18H26N4O2S. The van der Waals surface area contributed by atoms with Crippen molar-refractivity contribution in [1.82, 2.24) is 19.4 Å². The molecule has 3 rings (SSSR count). The van der Waals surface area contributed by atoms with Crippen LogP contribution in [0.15, 0.2) is 29.9 Å². The lowest BCUT2D eigenvalue weighted by Gasteiger charge is -2.23. The van der Waals surface area contributed by atoms with Gasteiger partial charge in [-0.15, -0.1) is 11.3 Å². The maximum Gasteiger partial charge on any atom is 0.248 e. The number of hydrogen-bond acceptors (Lipinski definition) is 5. The second-order valence-electron chi connectivity index (χ2n) is 6.74. The van der Waals surface area contributed by atoms with E-state index in [-0.39, 0.29) is 12.5 Å². The smallest absolute Gasteiger partial charge is 0.248 e. The molecule has 2 aromatic heterocycles. The van der Waals surface area contributed by atoms with Crippen LogP contribution < -0.4 is 0 Å². The molecular weight excluding hydrogens is 336 g/mol. The van der Waals surface area contributed by atoms with Gasteiger partial charge < -0.3 is 14.2 Å². The Balaban J connectivity index is 1.56. The summed E-state index contributed by atoms with van der Waals surface area (Å²) in [5.41, 5.74) is 1.35. The van der Waals surface area contributed by atoms with Gasteiger partial charge in [-0.1, -0.05) is 0 Å². The molecule has 136 valence electrons. The first-order valence-electron chi connectivity index (χ1n) is 8.64. The molecule has 25 heavy (non-hydrogen) atoms. The Morgan fingerprint density at radius 1 is 1.44 bits per heavy atom. The van der Waals surface area contributed by atoms with Gasteiger partial charge in [-0.2, -0.15) is 0 Å². The number of thiazole rings is 1. The SMILES string of the molecule is CN(C)C(=O)COCC[C@H]1CN(Cc2nccs2)Cc2cccn2C1.